The molecule has 1 aliphatic heterocycles. The van der Waals surface area contributed by atoms with E-state index in [9.17, 15) is 14.9 Å². The van der Waals surface area contributed by atoms with Crippen LogP contribution >= 0.6 is 11.3 Å². The topological polar surface area (TPSA) is 101 Å². The van der Waals surface area contributed by atoms with Gasteiger partial charge in [-0.25, -0.2) is 4.98 Å². The smallest absolute Gasteiger partial charge is 0.271 e. The summed E-state index contributed by atoms with van der Waals surface area (Å²) in [4.78, 5) is 32.8. The number of anilines is 1. The van der Waals surface area contributed by atoms with E-state index < -0.39 is 4.92 Å². The summed E-state index contributed by atoms with van der Waals surface area (Å²) in [6.07, 6.45) is 0. The first kappa shape index (κ1) is 23.1. The predicted molar refractivity (Wildman–Crippen MR) is 129 cm³/mol. The third kappa shape index (κ3) is 4.97. The maximum absolute atomic E-state index is 12.9. The molecule has 0 unspecified atom stereocenters. The number of fused-ring (bicyclic) bond motifs is 1. The Morgan fingerprint density at radius 1 is 1.15 bits per heavy atom. The number of carbonyl (C=O) groups excluding carboxylic acids is 1. The fourth-order valence-corrected chi connectivity index (χ4v) is 5.10. The number of nitro groups is 1. The number of hydrogen-bond acceptors (Lipinski definition) is 8. The van der Waals surface area contributed by atoms with Crippen LogP contribution in [0, 0.1) is 10.1 Å². The van der Waals surface area contributed by atoms with Gasteiger partial charge < -0.3 is 10.1 Å². The van der Waals surface area contributed by atoms with Gasteiger partial charge in [0.05, 0.1) is 40.0 Å². The van der Waals surface area contributed by atoms with Crippen molar-refractivity contribution < 1.29 is 14.5 Å². The van der Waals surface area contributed by atoms with Crippen molar-refractivity contribution in [2.24, 2.45) is 0 Å². The molecule has 0 aliphatic carbocycles. The molecule has 2 heterocycles. The number of ether oxygens (including phenoxy) is 1. The average molecular weight is 470 g/mol. The zero-order valence-electron chi connectivity index (χ0n) is 18.9. The van der Waals surface area contributed by atoms with Crippen molar-refractivity contribution in [2.75, 3.05) is 38.6 Å². The molecule has 4 rings (SSSR count). The molecular formula is C23H27N5O4S. The molecule has 0 spiro atoms. The molecule has 0 radical (unpaired) electrons. The first-order valence-corrected chi connectivity index (χ1v) is 11.7. The van der Waals surface area contributed by atoms with Gasteiger partial charge in [-0.1, -0.05) is 12.1 Å². The highest BCUT2D eigenvalue weighted by Gasteiger charge is 2.29. The van der Waals surface area contributed by atoms with Crippen LogP contribution in [-0.2, 0) is 4.79 Å². The van der Waals surface area contributed by atoms with Gasteiger partial charge in [-0.05, 0) is 32.0 Å². The maximum Gasteiger partial charge on any atom is 0.271 e. The van der Waals surface area contributed by atoms with Crippen LogP contribution in [0.5, 0.6) is 5.75 Å². The number of non-ortho nitro benzene ring substituents is 1. The van der Waals surface area contributed by atoms with Gasteiger partial charge in [-0.3, -0.25) is 24.7 Å². The van der Waals surface area contributed by atoms with E-state index in [4.69, 9.17) is 9.72 Å². The van der Waals surface area contributed by atoms with Gasteiger partial charge in [0.15, 0.2) is 0 Å². The van der Waals surface area contributed by atoms with Crippen LogP contribution < -0.4 is 10.1 Å². The lowest BCUT2D eigenvalue weighted by Crippen LogP contribution is -2.53. The Bertz CT molecular complexity index is 1130. The number of nitro benzene ring substituents is 1. The summed E-state index contributed by atoms with van der Waals surface area (Å²) in [7, 11) is 1.46. The van der Waals surface area contributed by atoms with Gasteiger partial charge in [-0.15, -0.1) is 11.3 Å². The number of thiazole rings is 1. The largest absolute Gasteiger partial charge is 0.495 e. The summed E-state index contributed by atoms with van der Waals surface area (Å²) >= 11 is 1.73. The molecule has 2 atom stereocenters. The minimum absolute atomic E-state index is 0.101. The standard InChI is InChI=1S/C23H27N5O4S/c1-15(22(29)24-19-14-17(28(30)31)8-9-20(19)32-3)26-10-12-27(13-11-26)16(2)23-25-18-6-4-5-7-21(18)33-23/h4-9,14-16H,10-13H2,1-3H3,(H,24,29)/t15-,16+/m1/s1. The van der Waals surface area contributed by atoms with Crippen molar-refractivity contribution in [3.8, 4) is 5.75 Å². The fourth-order valence-electron chi connectivity index (χ4n) is 4.05. The molecule has 1 fully saturated rings. The van der Waals surface area contributed by atoms with E-state index in [1.807, 2.05) is 25.1 Å². The van der Waals surface area contributed by atoms with Gasteiger partial charge in [0, 0.05) is 38.3 Å². The summed E-state index contributed by atoms with van der Waals surface area (Å²) in [6, 6.07) is 12.2. The molecule has 0 saturated carbocycles. The zero-order valence-corrected chi connectivity index (χ0v) is 19.7. The Hall–Kier alpha value is -3.08. The highest BCUT2D eigenvalue weighted by molar-refractivity contribution is 7.18. The van der Waals surface area contributed by atoms with E-state index >= 15 is 0 Å². The summed E-state index contributed by atoms with van der Waals surface area (Å²) < 4.78 is 6.44. The molecule has 33 heavy (non-hydrogen) atoms. The van der Waals surface area contributed by atoms with Crippen LogP contribution in [0.15, 0.2) is 42.5 Å². The third-order valence-electron chi connectivity index (χ3n) is 6.14. The van der Waals surface area contributed by atoms with Gasteiger partial charge >= 0.3 is 0 Å². The Labute approximate surface area is 196 Å². The Balaban J connectivity index is 1.37. The monoisotopic (exact) mass is 469 g/mol. The van der Waals surface area contributed by atoms with Gasteiger partial charge in [0.1, 0.15) is 10.8 Å². The van der Waals surface area contributed by atoms with E-state index in [2.05, 4.69) is 28.1 Å². The molecule has 1 aliphatic rings. The Morgan fingerprint density at radius 2 is 1.85 bits per heavy atom. The van der Waals surface area contributed by atoms with Crippen LogP contribution in [0.2, 0.25) is 0 Å². The zero-order chi connectivity index (χ0) is 23.5. The molecule has 174 valence electrons. The first-order valence-electron chi connectivity index (χ1n) is 10.8. The van der Waals surface area contributed by atoms with Crippen molar-refractivity contribution in [2.45, 2.75) is 25.9 Å². The average Bonchev–Trinajstić information content (AvgIpc) is 3.27. The Kier molecular flexibility index (Phi) is 6.87. The number of benzene rings is 2. The SMILES string of the molecule is COc1ccc([N+](=O)[O-])cc1NC(=O)[C@@H](C)N1CCN([C@@H](C)c2nc3ccccc3s2)CC1. The van der Waals surface area contributed by atoms with Gasteiger partial charge in [0.25, 0.3) is 5.69 Å². The van der Waals surface area contributed by atoms with E-state index in [1.165, 1.54) is 30.0 Å². The van der Waals surface area contributed by atoms with E-state index in [0.29, 0.717) is 11.4 Å². The molecule has 10 heteroatoms. The lowest BCUT2D eigenvalue weighted by molar-refractivity contribution is -0.384. The second-order valence-electron chi connectivity index (χ2n) is 8.07. The predicted octanol–water partition coefficient (Wildman–Crippen LogP) is 3.92. The van der Waals surface area contributed by atoms with E-state index in [1.54, 1.807) is 11.3 Å². The lowest BCUT2D eigenvalue weighted by atomic mass is 10.1. The molecule has 2 aromatic carbocycles. The number of methoxy groups -OCH3 is 1. The van der Waals surface area contributed by atoms with Gasteiger partial charge in [0.2, 0.25) is 5.91 Å². The first-order chi connectivity index (χ1) is 15.9. The van der Waals surface area contributed by atoms with Crippen molar-refractivity contribution in [3.05, 3.63) is 57.6 Å². The van der Waals surface area contributed by atoms with Gasteiger partial charge in [-0.2, -0.15) is 0 Å². The second-order valence-corrected chi connectivity index (χ2v) is 9.14. The molecule has 3 aromatic rings. The normalized spacial score (nSPS) is 16.9. The van der Waals surface area contributed by atoms with Crippen molar-refractivity contribution >= 4 is 38.8 Å². The number of aromatic nitrogens is 1. The molecular weight excluding hydrogens is 442 g/mol. The van der Waals surface area contributed by atoms with Crippen LogP contribution in [0.25, 0.3) is 10.2 Å². The van der Waals surface area contributed by atoms with E-state index in [-0.39, 0.29) is 23.7 Å². The fraction of sp³-hybridized carbons (Fsp3) is 0.391. The van der Waals surface area contributed by atoms with Crippen LogP contribution in [0.4, 0.5) is 11.4 Å². The molecule has 9 nitrogen and oxygen atoms in total. The summed E-state index contributed by atoms with van der Waals surface area (Å²) in [5, 5.41) is 15.0. The highest BCUT2D eigenvalue weighted by atomic mass is 32.1. The molecule has 1 saturated heterocycles. The minimum atomic E-state index is -0.496. The van der Waals surface area contributed by atoms with Crippen LogP contribution in [-0.4, -0.2) is 64.9 Å². The second kappa shape index (κ2) is 9.82. The molecule has 1 N–H and O–H groups in total. The Morgan fingerprint density at radius 3 is 2.52 bits per heavy atom. The number of carbonyl (C=O) groups is 1. The molecule has 1 amide bonds. The number of amides is 1. The molecule has 1 aromatic heterocycles. The summed E-state index contributed by atoms with van der Waals surface area (Å²) in [5.41, 5.74) is 1.23. The van der Waals surface area contributed by atoms with E-state index in [0.717, 1.165) is 36.7 Å². The minimum Gasteiger partial charge on any atom is -0.495 e. The van der Waals surface area contributed by atoms with Crippen LogP contribution in [0.3, 0.4) is 0 Å². The number of nitrogens with one attached hydrogen (secondary N) is 1. The van der Waals surface area contributed by atoms with Crippen LogP contribution in [0.1, 0.15) is 24.9 Å². The number of para-hydroxylation sites is 1. The number of rotatable bonds is 7. The van der Waals surface area contributed by atoms with Crippen molar-refractivity contribution in [1.29, 1.82) is 0 Å². The summed E-state index contributed by atoms with van der Waals surface area (Å²) in [6.45, 7) is 7.18. The highest BCUT2D eigenvalue weighted by Crippen LogP contribution is 2.31. The van der Waals surface area contributed by atoms with Crippen molar-refractivity contribution in [1.82, 2.24) is 14.8 Å². The maximum atomic E-state index is 12.9. The quantitative estimate of drug-likeness (QED) is 0.413. The number of piperazine rings is 1. The van der Waals surface area contributed by atoms with Crippen molar-refractivity contribution in [3.63, 3.8) is 0 Å². The molecule has 0 bridgehead atoms. The third-order valence-corrected chi connectivity index (χ3v) is 7.35. The summed E-state index contributed by atoms with van der Waals surface area (Å²) in [5.74, 6) is 0.164. The number of nitrogens with zero attached hydrogens (tertiary/aromatic N) is 4. The number of hydrogen-bond donors (Lipinski definition) is 1. The lowest BCUT2D eigenvalue weighted by Gasteiger charge is -2.39.